The number of pyridine rings is 1. The minimum Gasteiger partial charge on any atom is -0.462 e. The number of halogens is 1. The zero-order chi connectivity index (χ0) is 12.9. The number of aromatic nitrogens is 1. The Morgan fingerprint density at radius 2 is 2.24 bits per heavy atom. The number of hydrogen-bond acceptors (Lipinski definition) is 4. The minimum absolute atomic E-state index is 0.282. The molecule has 1 rings (SSSR count). The van der Waals surface area contributed by atoms with Crippen LogP contribution in [0.15, 0.2) is 18.5 Å². The smallest absolute Gasteiger partial charge is 0.341 e. The van der Waals surface area contributed by atoms with Crippen LogP contribution < -0.4 is 0 Å². The molecule has 4 nitrogen and oxygen atoms in total. The first kappa shape index (κ1) is 13.9. The Bertz CT molecular complexity index is 393. The Labute approximate surface area is 106 Å². The van der Waals surface area contributed by atoms with Crippen LogP contribution in [0.1, 0.15) is 30.6 Å². The van der Waals surface area contributed by atoms with Gasteiger partial charge in [0.05, 0.1) is 22.8 Å². The largest absolute Gasteiger partial charge is 0.462 e. The summed E-state index contributed by atoms with van der Waals surface area (Å²) in [6.45, 7) is 4.14. The van der Waals surface area contributed by atoms with Gasteiger partial charge in [0, 0.05) is 25.9 Å². The lowest BCUT2D eigenvalue weighted by atomic mass is 10.1. The lowest BCUT2D eigenvalue weighted by Gasteiger charge is -2.22. The third kappa shape index (κ3) is 4.32. The molecule has 0 unspecified atom stereocenters. The summed E-state index contributed by atoms with van der Waals surface area (Å²) in [6.07, 6.45) is 3.53. The predicted octanol–water partition coefficient (Wildman–Crippen LogP) is 2.71. The lowest BCUT2D eigenvalue weighted by Crippen LogP contribution is -2.25. The molecule has 0 amide bonds. The summed E-state index contributed by atoms with van der Waals surface area (Å²) >= 11 is 5.85. The van der Waals surface area contributed by atoms with E-state index in [9.17, 15) is 4.79 Å². The van der Waals surface area contributed by atoms with Crippen LogP contribution in [0.25, 0.3) is 0 Å². The molecule has 0 aliphatic carbocycles. The van der Waals surface area contributed by atoms with E-state index in [-0.39, 0.29) is 17.8 Å². The van der Waals surface area contributed by atoms with Crippen molar-refractivity contribution in [3.63, 3.8) is 0 Å². The third-order valence-corrected chi connectivity index (χ3v) is 2.81. The van der Waals surface area contributed by atoms with Crippen LogP contribution in [0, 0.1) is 0 Å². The second-order valence-corrected chi connectivity index (χ2v) is 4.61. The normalized spacial score (nSPS) is 11.3. The van der Waals surface area contributed by atoms with Crippen molar-refractivity contribution in [2.45, 2.75) is 25.9 Å². The molecule has 1 aromatic rings. The maximum atomic E-state index is 11.7. The van der Waals surface area contributed by atoms with Crippen molar-refractivity contribution in [2.24, 2.45) is 0 Å². The zero-order valence-electron chi connectivity index (χ0n) is 10.2. The zero-order valence-corrected chi connectivity index (χ0v) is 11.0. The predicted molar refractivity (Wildman–Crippen MR) is 65.2 cm³/mol. The molecule has 5 heteroatoms. The van der Waals surface area contributed by atoms with Crippen molar-refractivity contribution < 1.29 is 14.3 Å². The Morgan fingerprint density at radius 1 is 1.53 bits per heavy atom. The van der Waals surface area contributed by atoms with Gasteiger partial charge >= 0.3 is 5.97 Å². The number of methoxy groups -OCH3 is 1. The van der Waals surface area contributed by atoms with E-state index in [2.05, 4.69) is 4.98 Å². The van der Waals surface area contributed by atoms with E-state index in [4.69, 9.17) is 21.1 Å². The molecule has 94 valence electrons. The summed E-state index contributed by atoms with van der Waals surface area (Å²) in [5.74, 6) is -0.463. The molecule has 0 radical (unpaired) electrons. The number of esters is 1. The maximum absolute atomic E-state index is 11.7. The molecule has 0 N–H and O–H groups in total. The highest BCUT2D eigenvalue weighted by molar-refractivity contribution is 6.33. The van der Waals surface area contributed by atoms with E-state index in [1.54, 1.807) is 13.2 Å². The molecule has 0 aromatic carbocycles. The van der Waals surface area contributed by atoms with Gasteiger partial charge in [0.1, 0.15) is 0 Å². The van der Waals surface area contributed by atoms with Gasteiger partial charge in [0.25, 0.3) is 0 Å². The van der Waals surface area contributed by atoms with E-state index in [0.717, 1.165) is 0 Å². The molecule has 0 aliphatic rings. The highest BCUT2D eigenvalue weighted by atomic mass is 35.5. The highest BCUT2D eigenvalue weighted by Crippen LogP contribution is 2.16. The molecule has 1 aromatic heterocycles. The molecule has 0 aliphatic heterocycles. The second kappa shape index (κ2) is 5.98. The Hall–Kier alpha value is -1.13. The first-order chi connectivity index (χ1) is 7.96. The van der Waals surface area contributed by atoms with Crippen molar-refractivity contribution in [3.05, 3.63) is 29.0 Å². The van der Waals surface area contributed by atoms with Crippen molar-refractivity contribution in [1.29, 1.82) is 0 Å². The Kier molecular flexibility index (Phi) is 4.90. The van der Waals surface area contributed by atoms with Crippen molar-refractivity contribution in [3.8, 4) is 0 Å². The molecule has 17 heavy (non-hydrogen) atoms. The average Bonchev–Trinajstić information content (AvgIpc) is 2.29. The van der Waals surface area contributed by atoms with E-state index in [0.29, 0.717) is 11.4 Å². The molecular weight excluding hydrogens is 242 g/mol. The second-order valence-electron chi connectivity index (χ2n) is 4.21. The van der Waals surface area contributed by atoms with Gasteiger partial charge < -0.3 is 9.47 Å². The van der Waals surface area contributed by atoms with Crippen LogP contribution >= 0.6 is 11.6 Å². The van der Waals surface area contributed by atoms with Gasteiger partial charge in [-0.15, -0.1) is 0 Å². The minimum atomic E-state index is -0.463. The van der Waals surface area contributed by atoms with Crippen LogP contribution in [0.5, 0.6) is 0 Å². The van der Waals surface area contributed by atoms with Crippen molar-refractivity contribution >= 4 is 17.6 Å². The highest BCUT2D eigenvalue weighted by Gasteiger charge is 2.18. The van der Waals surface area contributed by atoms with E-state index in [1.807, 2.05) is 13.8 Å². The molecule has 0 atom stereocenters. The van der Waals surface area contributed by atoms with Gasteiger partial charge in [-0.1, -0.05) is 11.6 Å². The first-order valence-corrected chi connectivity index (χ1v) is 5.66. The number of nitrogens with zero attached hydrogens (tertiary/aromatic N) is 1. The number of ether oxygens (including phenoxy) is 2. The number of carbonyl (C=O) groups excluding carboxylic acids is 1. The topological polar surface area (TPSA) is 48.4 Å². The Morgan fingerprint density at radius 3 is 2.82 bits per heavy atom. The summed E-state index contributed by atoms with van der Waals surface area (Å²) in [5.41, 5.74) is -0.0247. The number of rotatable bonds is 5. The van der Waals surface area contributed by atoms with Gasteiger partial charge in [0.15, 0.2) is 0 Å². The lowest BCUT2D eigenvalue weighted by molar-refractivity contribution is -0.00563. The van der Waals surface area contributed by atoms with Crippen molar-refractivity contribution in [1.82, 2.24) is 4.98 Å². The number of hydrogen-bond donors (Lipinski definition) is 0. The molecule has 0 saturated heterocycles. The van der Waals surface area contributed by atoms with Crippen molar-refractivity contribution in [2.75, 3.05) is 13.7 Å². The van der Waals surface area contributed by atoms with Gasteiger partial charge in [-0.25, -0.2) is 4.79 Å². The van der Waals surface area contributed by atoms with Gasteiger partial charge in [-0.2, -0.15) is 0 Å². The van der Waals surface area contributed by atoms with E-state index >= 15 is 0 Å². The summed E-state index contributed by atoms with van der Waals surface area (Å²) in [6, 6.07) is 1.55. The van der Waals surface area contributed by atoms with Gasteiger partial charge in [-0.05, 0) is 19.9 Å². The molecular formula is C12H16ClNO3. The fraction of sp³-hybridized carbons (Fsp3) is 0.500. The molecule has 0 spiro atoms. The maximum Gasteiger partial charge on any atom is 0.341 e. The molecule has 0 fully saturated rings. The van der Waals surface area contributed by atoms with Crippen LogP contribution in [0.3, 0.4) is 0 Å². The van der Waals surface area contributed by atoms with E-state index in [1.165, 1.54) is 12.4 Å². The molecule has 1 heterocycles. The molecule has 0 saturated carbocycles. The quantitative estimate of drug-likeness (QED) is 0.761. The van der Waals surface area contributed by atoms with Crippen LogP contribution in [-0.4, -0.2) is 30.3 Å². The third-order valence-electron chi connectivity index (χ3n) is 2.48. The van der Waals surface area contributed by atoms with Crippen LogP contribution in [0.4, 0.5) is 0 Å². The monoisotopic (exact) mass is 257 g/mol. The van der Waals surface area contributed by atoms with Gasteiger partial charge in [0.2, 0.25) is 0 Å². The number of carbonyl (C=O) groups is 1. The van der Waals surface area contributed by atoms with Gasteiger partial charge in [-0.3, -0.25) is 4.98 Å². The summed E-state index contributed by atoms with van der Waals surface area (Å²) in [5, 5.41) is 0.344. The standard InChI is InChI=1S/C12H16ClNO3/c1-12(2,16-3)5-7-17-11(15)9-8-14-6-4-10(9)13/h4,6,8H,5,7H2,1-3H3. The fourth-order valence-corrected chi connectivity index (χ4v) is 1.28. The molecule has 0 bridgehead atoms. The van der Waals surface area contributed by atoms with E-state index < -0.39 is 5.97 Å². The fourth-order valence-electron chi connectivity index (χ4n) is 1.10. The van der Waals surface area contributed by atoms with Crippen LogP contribution in [-0.2, 0) is 9.47 Å². The summed E-state index contributed by atoms with van der Waals surface area (Å²) in [4.78, 5) is 15.5. The first-order valence-electron chi connectivity index (χ1n) is 5.28. The Balaban J connectivity index is 2.49. The SMILES string of the molecule is COC(C)(C)CCOC(=O)c1cnccc1Cl. The summed E-state index contributed by atoms with van der Waals surface area (Å²) < 4.78 is 10.3. The van der Waals surface area contributed by atoms with Crippen LogP contribution in [0.2, 0.25) is 5.02 Å². The average molecular weight is 258 g/mol. The summed E-state index contributed by atoms with van der Waals surface area (Å²) in [7, 11) is 1.62.